The Morgan fingerprint density at radius 2 is 2.06 bits per heavy atom. The van der Waals surface area contributed by atoms with Crippen molar-refractivity contribution in [3.8, 4) is 11.8 Å². The molecular formula is C10H5ClF3NO2. The van der Waals surface area contributed by atoms with Crippen LogP contribution in [0.4, 0.5) is 13.2 Å². The standard InChI is InChI=1S/C10H5ClF3NO2/c1-5(16)6-2-3-8(17-10(12,13)14)9(11)7(6)4-15/h2-3H,1H3. The molecule has 0 saturated carbocycles. The Labute approximate surface area is 99.4 Å². The lowest BCUT2D eigenvalue weighted by Crippen LogP contribution is -2.17. The highest BCUT2D eigenvalue weighted by atomic mass is 35.5. The minimum absolute atomic E-state index is 0.0491. The van der Waals surface area contributed by atoms with E-state index >= 15 is 0 Å². The topological polar surface area (TPSA) is 50.1 Å². The lowest BCUT2D eigenvalue weighted by atomic mass is 10.0. The molecular weight excluding hydrogens is 259 g/mol. The van der Waals surface area contributed by atoms with Crippen LogP contribution in [0.3, 0.4) is 0 Å². The molecule has 7 heteroatoms. The second-order valence-electron chi connectivity index (χ2n) is 3.02. The molecule has 0 bridgehead atoms. The second-order valence-corrected chi connectivity index (χ2v) is 3.39. The molecule has 0 aromatic heterocycles. The summed E-state index contributed by atoms with van der Waals surface area (Å²) in [5, 5.41) is 8.22. The number of carbonyl (C=O) groups excluding carboxylic acids is 1. The summed E-state index contributed by atoms with van der Waals surface area (Å²) in [6.45, 7) is 1.18. The molecule has 0 aliphatic carbocycles. The fraction of sp³-hybridized carbons (Fsp3) is 0.200. The van der Waals surface area contributed by atoms with E-state index in [1.54, 1.807) is 6.07 Å². The maximum atomic E-state index is 12.0. The molecule has 0 unspecified atom stereocenters. The summed E-state index contributed by atoms with van der Waals surface area (Å²) in [5.74, 6) is -1.18. The van der Waals surface area contributed by atoms with Gasteiger partial charge in [-0.3, -0.25) is 4.79 Å². The van der Waals surface area contributed by atoms with Gasteiger partial charge in [-0.25, -0.2) is 0 Å². The molecule has 0 amide bonds. The first-order valence-corrected chi connectivity index (χ1v) is 4.63. The molecule has 17 heavy (non-hydrogen) atoms. The Morgan fingerprint density at radius 1 is 1.47 bits per heavy atom. The monoisotopic (exact) mass is 263 g/mol. The first-order valence-electron chi connectivity index (χ1n) is 4.25. The predicted octanol–water partition coefficient (Wildman–Crippen LogP) is 3.31. The van der Waals surface area contributed by atoms with Crippen LogP contribution in [0.25, 0.3) is 0 Å². The number of nitrogens with zero attached hydrogens (tertiary/aromatic N) is 1. The highest BCUT2D eigenvalue weighted by molar-refractivity contribution is 6.33. The van der Waals surface area contributed by atoms with Gasteiger partial charge >= 0.3 is 6.36 Å². The summed E-state index contributed by atoms with van der Waals surface area (Å²) in [7, 11) is 0. The van der Waals surface area contributed by atoms with E-state index in [0.29, 0.717) is 0 Å². The van der Waals surface area contributed by atoms with Gasteiger partial charge < -0.3 is 4.74 Å². The normalized spacial score (nSPS) is 10.8. The van der Waals surface area contributed by atoms with Crippen molar-refractivity contribution >= 4 is 17.4 Å². The quantitative estimate of drug-likeness (QED) is 0.769. The van der Waals surface area contributed by atoms with Gasteiger partial charge in [-0.1, -0.05) is 11.6 Å². The van der Waals surface area contributed by atoms with Crippen molar-refractivity contribution in [3.05, 3.63) is 28.3 Å². The molecule has 3 nitrogen and oxygen atoms in total. The van der Waals surface area contributed by atoms with Crippen molar-refractivity contribution < 1.29 is 22.7 Å². The Kier molecular flexibility index (Phi) is 3.63. The zero-order chi connectivity index (χ0) is 13.2. The van der Waals surface area contributed by atoms with Gasteiger partial charge in [0.2, 0.25) is 0 Å². The lowest BCUT2D eigenvalue weighted by molar-refractivity contribution is -0.274. The number of Topliss-reactive ketones (excluding diaryl/α,β-unsaturated/α-hetero) is 1. The summed E-state index contributed by atoms with van der Waals surface area (Å²) in [6.07, 6.45) is -4.91. The average molecular weight is 264 g/mol. The predicted molar refractivity (Wildman–Crippen MR) is 52.9 cm³/mol. The van der Waals surface area contributed by atoms with Crippen LogP contribution < -0.4 is 4.74 Å². The third kappa shape index (κ3) is 3.11. The van der Waals surface area contributed by atoms with E-state index in [0.717, 1.165) is 12.1 Å². The van der Waals surface area contributed by atoms with Crippen LogP contribution >= 0.6 is 11.6 Å². The first-order chi connectivity index (χ1) is 7.76. The SMILES string of the molecule is CC(=O)c1ccc(OC(F)(F)F)c(Cl)c1C#N. The molecule has 90 valence electrons. The number of nitriles is 1. The van der Waals surface area contributed by atoms with E-state index in [1.807, 2.05) is 0 Å². The minimum atomic E-state index is -4.91. The summed E-state index contributed by atoms with van der Waals surface area (Å²) in [6, 6.07) is 3.53. The largest absolute Gasteiger partial charge is 0.573 e. The van der Waals surface area contributed by atoms with Gasteiger partial charge in [0, 0.05) is 5.56 Å². The van der Waals surface area contributed by atoms with E-state index in [-0.39, 0.29) is 11.1 Å². The van der Waals surface area contributed by atoms with Crippen LogP contribution in [0.1, 0.15) is 22.8 Å². The van der Waals surface area contributed by atoms with Crippen molar-refractivity contribution in [3.63, 3.8) is 0 Å². The number of benzene rings is 1. The third-order valence-corrected chi connectivity index (χ3v) is 2.20. The molecule has 0 heterocycles. The zero-order valence-electron chi connectivity index (χ0n) is 8.43. The number of alkyl halides is 3. The van der Waals surface area contributed by atoms with Crippen molar-refractivity contribution in [2.24, 2.45) is 0 Å². The van der Waals surface area contributed by atoms with Gasteiger partial charge in [0.25, 0.3) is 0 Å². The van der Waals surface area contributed by atoms with E-state index in [9.17, 15) is 18.0 Å². The molecule has 0 saturated heterocycles. The zero-order valence-corrected chi connectivity index (χ0v) is 9.19. The number of rotatable bonds is 2. The van der Waals surface area contributed by atoms with Crippen LogP contribution in [0, 0.1) is 11.3 Å². The number of ether oxygens (including phenoxy) is 1. The van der Waals surface area contributed by atoms with Gasteiger partial charge in [-0.05, 0) is 19.1 Å². The van der Waals surface area contributed by atoms with E-state index in [2.05, 4.69) is 4.74 Å². The third-order valence-electron chi connectivity index (χ3n) is 1.82. The highest BCUT2D eigenvalue weighted by Crippen LogP contribution is 2.34. The summed E-state index contributed by atoms with van der Waals surface area (Å²) in [4.78, 5) is 11.1. The average Bonchev–Trinajstić information content (AvgIpc) is 2.18. The summed E-state index contributed by atoms with van der Waals surface area (Å²) < 4.78 is 39.6. The first kappa shape index (κ1) is 13.3. The Bertz CT molecular complexity index is 505. The highest BCUT2D eigenvalue weighted by Gasteiger charge is 2.32. The van der Waals surface area contributed by atoms with Crippen LogP contribution in [-0.2, 0) is 0 Å². The van der Waals surface area contributed by atoms with E-state index < -0.39 is 22.9 Å². The lowest BCUT2D eigenvalue weighted by Gasteiger charge is -2.12. The minimum Gasteiger partial charge on any atom is -0.404 e. The molecule has 0 atom stereocenters. The van der Waals surface area contributed by atoms with Crippen LogP contribution in [-0.4, -0.2) is 12.1 Å². The Hall–Kier alpha value is -1.74. The van der Waals surface area contributed by atoms with Gasteiger partial charge in [0.1, 0.15) is 16.8 Å². The summed E-state index contributed by atoms with van der Waals surface area (Å²) >= 11 is 5.56. The van der Waals surface area contributed by atoms with Crippen LogP contribution in [0.15, 0.2) is 12.1 Å². The maximum Gasteiger partial charge on any atom is 0.573 e. The number of hydrogen-bond donors (Lipinski definition) is 0. The smallest absolute Gasteiger partial charge is 0.404 e. The van der Waals surface area contributed by atoms with Crippen LogP contribution in [0.5, 0.6) is 5.75 Å². The molecule has 0 radical (unpaired) electrons. The Morgan fingerprint density at radius 3 is 2.47 bits per heavy atom. The van der Waals surface area contributed by atoms with E-state index in [1.165, 1.54) is 6.92 Å². The fourth-order valence-electron chi connectivity index (χ4n) is 1.16. The van der Waals surface area contributed by atoms with Gasteiger partial charge in [0.15, 0.2) is 5.78 Å². The molecule has 1 aromatic carbocycles. The Balaban J connectivity index is 3.32. The van der Waals surface area contributed by atoms with Crippen LogP contribution in [0.2, 0.25) is 5.02 Å². The van der Waals surface area contributed by atoms with Gasteiger partial charge in [0.05, 0.1) is 5.56 Å². The second kappa shape index (κ2) is 4.63. The molecule has 0 N–H and O–H groups in total. The molecule has 0 aliphatic rings. The fourth-order valence-corrected chi connectivity index (χ4v) is 1.41. The maximum absolute atomic E-state index is 12.0. The molecule has 0 aliphatic heterocycles. The van der Waals surface area contributed by atoms with Crippen molar-refractivity contribution in [1.82, 2.24) is 0 Å². The van der Waals surface area contributed by atoms with Gasteiger partial charge in [-0.2, -0.15) is 5.26 Å². The van der Waals surface area contributed by atoms with Crippen molar-refractivity contribution in [1.29, 1.82) is 5.26 Å². The number of hydrogen-bond acceptors (Lipinski definition) is 3. The van der Waals surface area contributed by atoms with Gasteiger partial charge in [-0.15, -0.1) is 13.2 Å². The van der Waals surface area contributed by atoms with Crippen molar-refractivity contribution in [2.75, 3.05) is 0 Å². The number of ketones is 1. The molecule has 0 spiro atoms. The number of halogens is 4. The molecule has 0 fully saturated rings. The number of carbonyl (C=O) groups is 1. The molecule has 1 aromatic rings. The summed E-state index contributed by atoms with van der Waals surface area (Å²) in [5.41, 5.74) is -0.382. The molecule has 1 rings (SSSR count). The van der Waals surface area contributed by atoms with Crippen molar-refractivity contribution in [2.45, 2.75) is 13.3 Å². The van der Waals surface area contributed by atoms with E-state index in [4.69, 9.17) is 16.9 Å².